The Bertz CT molecular complexity index is 708. The van der Waals surface area contributed by atoms with Crippen LogP contribution in [0.5, 0.6) is 11.5 Å². The lowest BCUT2D eigenvalue weighted by molar-refractivity contribution is 0.464. The lowest BCUT2D eigenvalue weighted by Crippen LogP contribution is -2.00. The van der Waals surface area contributed by atoms with Crippen molar-refractivity contribution in [2.45, 2.75) is 11.8 Å². The number of anilines is 1. The van der Waals surface area contributed by atoms with E-state index in [1.165, 1.54) is 6.07 Å². The molecular weight excluding hydrogens is 262 g/mol. The van der Waals surface area contributed by atoms with Crippen molar-refractivity contribution >= 4 is 15.5 Å². The molecule has 0 heterocycles. The molecule has 0 aliphatic rings. The Hall–Kier alpha value is -2.01. The van der Waals surface area contributed by atoms with Gasteiger partial charge >= 0.3 is 0 Å². The fourth-order valence-corrected chi connectivity index (χ4v) is 2.55. The first-order valence-corrected chi connectivity index (χ1v) is 7.60. The summed E-state index contributed by atoms with van der Waals surface area (Å²) in [6, 6.07) is 11.8. The van der Waals surface area contributed by atoms with Gasteiger partial charge in [0.2, 0.25) is 0 Å². The van der Waals surface area contributed by atoms with Crippen molar-refractivity contribution in [2.75, 3.05) is 12.0 Å². The highest BCUT2D eigenvalue weighted by molar-refractivity contribution is 7.90. The Labute approximate surface area is 112 Å². The van der Waals surface area contributed by atoms with Gasteiger partial charge in [0.1, 0.15) is 16.4 Å². The molecule has 0 atom stereocenters. The number of ether oxygens (including phenoxy) is 1. The van der Waals surface area contributed by atoms with Crippen molar-refractivity contribution in [1.82, 2.24) is 0 Å². The van der Waals surface area contributed by atoms with Crippen molar-refractivity contribution in [1.29, 1.82) is 0 Å². The Kier molecular flexibility index (Phi) is 3.48. The maximum atomic E-state index is 11.7. The summed E-state index contributed by atoms with van der Waals surface area (Å²) < 4.78 is 29.1. The molecule has 0 saturated heterocycles. The number of rotatable bonds is 3. The first-order chi connectivity index (χ1) is 8.88. The number of benzene rings is 2. The van der Waals surface area contributed by atoms with Crippen LogP contribution in [0, 0.1) is 6.92 Å². The second-order valence-electron chi connectivity index (χ2n) is 4.35. The molecule has 0 saturated carbocycles. The number of nitrogen functional groups attached to an aromatic ring is 1. The molecule has 0 fully saturated rings. The maximum absolute atomic E-state index is 11.7. The number of hydrogen-bond donors (Lipinski definition) is 1. The summed E-state index contributed by atoms with van der Waals surface area (Å²) in [5.41, 5.74) is 7.16. The zero-order valence-electron chi connectivity index (χ0n) is 10.8. The van der Waals surface area contributed by atoms with Crippen LogP contribution < -0.4 is 10.5 Å². The van der Waals surface area contributed by atoms with Gasteiger partial charge in [0.15, 0.2) is 9.84 Å². The Balaban J connectivity index is 2.44. The normalized spacial score (nSPS) is 11.3. The fourth-order valence-electron chi connectivity index (χ4n) is 1.75. The fraction of sp³-hybridized carbons (Fsp3) is 0.143. The van der Waals surface area contributed by atoms with Gasteiger partial charge in [0, 0.05) is 11.9 Å². The molecule has 0 spiro atoms. The molecule has 0 aliphatic heterocycles. The van der Waals surface area contributed by atoms with Gasteiger partial charge in [0.25, 0.3) is 0 Å². The van der Waals surface area contributed by atoms with E-state index in [1.54, 1.807) is 36.4 Å². The summed E-state index contributed by atoms with van der Waals surface area (Å²) in [5.74, 6) is 0.906. The molecule has 0 unspecified atom stereocenters. The topological polar surface area (TPSA) is 69.4 Å². The van der Waals surface area contributed by atoms with E-state index in [0.29, 0.717) is 17.2 Å². The first-order valence-electron chi connectivity index (χ1n) is 5.71. The predicted octanol–water partition coefficient (Wildman–Crippen LogP) is 2.77. The highest BCUT2D eigenvalue weighted by Crippen LogP contribution is 2.31. The van der Waals surface area contributed by atoms with E-state index in [1.807, 2.05) is 6.92 Å². The van der Waals surface area contributed by atoms with Crippen LogP contribution in [0.2, 0.25) is 0 Å². The molecule has 5 heteroatoms. The third-order valence-corrected chi connectivity index (χ3v) is 3.80. The third kappa shape index (κ3) is 3.06. The molecule has 2 rings (SSSR count). The zero-order chi connectivity index (χ0) is 14.0. The van der Waals surface area contributed by atoms with Crippen LogP contribution in [0.15, 0.2) is 47.4 Å². The molecule has 2 N–H and O–H groups in total. The molecule has 19 heavy (non-hydrogen) atoms. The van der Waals surface area contributed by atoms with E-state index in [9.17, 15) is 8.42 Å². The molecule has 4 nitrogen and oxygen atoms in total. The molecule has 0 amide bonds. The number of aryl methyl sites for hydroxylation is 1. The lowest BCUT2D eigenvalue weighted by atomic mass is 10.2. The third-order valence-electron chi connectivity index (χ3n) is 2.67. The summed E-state index contributed by atoms with van der Waals surface area (Å²) in [5, 5.41) is 0. The van der Waals surface area contributed by atoms with E-state index < -0.39 is 9.84 Å². The van der Waals surface area contributed by atoms with E-state index >= 15 is 0 Å². The Morgan fingerprint density at radius 2 is 1.74 bits per heavy atom. The van der Waals surface area contributed by atoms with Gasteiger partial charge in [-0.15, -0.1) is 0 Å². The smallest absolute Gasteiger partial charge is 0.179 e. The van der Waals surface area contributed by atoms with Gasteiger partial charge < -0.3 is 10.5 Å². The quantitative estimate of drug-likeness (QED) is 0.876. The van der Waals surface area contributed by atoms with Crippen LogP contribution in [0.25, 0.3) is 0 Å². The number of para-hydroxylation sites is 1. The van der Waals surface area contributed by atoms with Gasteiger partial charge in [-0.3, -0.25) is 0 Å². The Morgan fingerprint density at radius 1 is 1.05 bits per heavy atom. The van der Waals surface area contributed by atoms with Crippen LogP contribution >= 0.6 is 0 Å². The van der Waals surface area contributed by atoms with Crippen molar-refractivity contribution in [3.8, 4) is 11.5 Å². The zero-order valence-corrected chi connectivity index (χ0v) is 11.6. The average Bonchev–Trinajstić information content (AvgIpc) is 2.32. The van der Waals surface area contributed by atoms with Crippen LogP contribution in [-0.4, -0.2) is 14.7 Å². The van der Waals surface area contributed by atoms with Gasteiger partial charge in [-0.2, -0.15) is 0 Å². The lowest BCUT2D eigenvalue weighted by Gasteiger charge is -2.12. The molecule has 0 radical (unpaired) electrons. The summed E-state index contributed by atoms with van der Waals surface area (Å²) >= 11 is 0. The van der Waals surface area contributed by atoms with Gasteiger partial charge in [-0.05, 0) is 42.8 Å². The molecule has 2 aromatic carbocycles. The average molecular weight is 277 g/mol. The van der Waals surface area contributed by atoms with Crippen LogP contribution in [0.3, 0.4) is 0 Å². The van der Waals surface area contributed by atoms with E-state index in [-0.39, 0.29) is 4.90 Å². The largest absolute Gasteiger partial charge is 0.456 e. The highest BCUT2D eigenvalue weighted by atomic mass is 32.2. The minimum absolute atomic E-state index is 0.172. The second-order valence-corrected chi connectivity index (χ2v) is 6.33. The molecule has 0 aliphatic carbocycles. The monoisotopic (exact) mass is 277 g/mol. The van der Waals surface area contributed by atoms with Crippen LogP contribution in [0.4, 0.5) is 5.69 Å². The Morgan fingerprint density at radius 3 is 2.37 bits per heavy atom. The summed E-state index contributed by atoms with van der Waals surface area (Å²) in [6.07, 6.45) is 1.16. The van der Waals surface area contributed by atoms with Crippen molar-refractivity contribution in [3.63, 3.8) is 0 Å². The van der Waals surface area contributed by atoms with E-state index in [0.717, 1.165) is 11.8 Å². The predicted molar refractivity (Wildman–Crippen MR) is 75.2 cm³/mol. The highest BCUT2D eigenvalue weighted by Gasteiger charge is 2.14. The molecule has 0 bridgehead atoms. The van der Waals surface area contributed by atoms with Crippen molar-refractivity contribution in [2.24, 2.45) is 0 Å². The maximum Gasteiger partial charge on any atom is 0.179 e. The number of sulfone groups is 1. The van der Waals surface area contributed by atoms with E-state index in [4.69, 9.17) is 10.5 Å². The minimum atomic E-state index is -3.32. The second kappa shape index (κ2) is 4.93. The molecule has 100 valence electrons. The minimum Gasteiger partial charge on any atom is -0.456 e. The first kappa shape index (κ1) is 13.4. The van der Waals surface area contributed by atoms with Crippen molar-refractivity contribution in [3.05, 3.63) is 48.0 Å². The van der Waals surface area contributed by atoms with Gasteiger partial charge in [-0.1, -0.05) is 12.1 Å². The number of hydrogen-bond acceptors (Lipinski definition) is 4. The standard InChI is InChI=1S/C14H15NO3S/c1-10-9-11(15)7-8-12(10)18-13-5-3-4-6-14(13)19(2,16)17/h3-9H,15H2,1-2H3. The van der Waals surface area contributed by atoms with Crippen molar-refractivity contribution < 1.29 is 13.2 Å². The SMILES string of the molecule is Cc1cc(N)ccc1Oc1ccccc1S(C)(=O)=O. The van der Waals surface area contributed by atoms with Crippen LogP contribution in [0.1, 0.15) is 5.56 Å². The molecule has 2 aromatic rings. The summed E-state index contributed by atoms with van der Waals surface area (Å²) in [7, 11) is -3.32. The van der Waals surface area contributed by atoms with E-state index in [2.05, 4.69) is 0 Å². The van der Waals surface area contributed by atoms with Crippen LogP contribution in [-0.2, 0) is 9.84 Å². The molecule has 0 aromatic heterocycles. The number of nitrogens with two attached hydrogens (primary N) is 1. The molecular formula is C14H15NO3S. The summed E-state index contributed by atoms with van der Waals surface area (Å²) in [6.45, 7) is 1.86. The van der Waals surface area contributed by atoms with Gasteiger partial charge in [0.05, 0.1) is 0 Å². The summed E-state index contributed by atoms with van der Waals surface area (Å²) in [4.78, 5) is 0.172. The van der Waals surface area contributed by atoms with Gasteiger partial charge in [-0.25, -0.2) is 8.42 Å².